The summed E-state index contributed by atoms with van der Waals surface area (Å²) in [6.07, 6.45) is 9.16. The number of halogens is 1. The van der Waals surface area contributed by atoms with Crippen molar-refractivity contribution >= 4 is 28.5 Å². The van der Waals surface area contributed by atoms with Crippen molar-refractivity contribution in [3.63, 3.8) is 0 Å². The number of carbonyl (C=O) groups excluding carboxylic acids is 1. The highest BCUT2D eigenvalue weighted by Crippen LogP contribution is 2.27. The van der Waals surface area contributed by atoms with Crippen LogP contribution in [0.2, 0.25) is 0 Å². The summed E-state index contributed by atoms with van der Waals surface area (Å²) in [5, 5.41) is 6.23. The van der Waals surface area contributed by atoms with E-state index in [1.807, 2.05) is 0 Å². The average Bonchev–Trinajstić information content (AvgIpc) is 3.21. The van der Waals surface area contributed by atoms with E-state index in [4.69, 9.17) is 0 Å². The van der Waals surface area contributed by atoms with Gasteiger partial charge in [0.2, 0.25) is 5.91 Å². The van der Waals surface area contributed by atoms with Crippen molar-refractivity contribution in [2.24, 2.45) is 5.92 Å². The van der Waals surface area contributed by atoms with Gasteiger partial charge in [0.05, 0.1) is 6.04 Å². The van der Waals surface area contributed by atoms with E-state index in [1.165, 1.54) is 6.42 Å². The number of amides is 1. The summed E-state index contributed by atoms with van der Waals surface area (Å²) in [6, 6.07) is 0.0677. The third-order valence-corrected chi connectivity index (χ3v) is 8.21. The molecule has 0 spiro atoms. The fourth-order valence-corrected chi connectivity index (χ4v) is 6.21. The van der Waals surface area contributed by atoms with Crippen LogP contribution in [0.1, 0.15) is 57.8 Å². The quantitative estimate of drug-likeness (QED) is 0.679. The Bertz CT molecular complexity index is 577. The third-order valence-electron chi connectivity index (χ3n) is 6.20. The third kappa shape index (κ3) is 5.79. The number of nitrogens with one attached hydrogen (secondary N) is 2. The maximum absolute atomic E-state index is 13.0. The molecule has 0 radical (unpaired) electrons. The van der Waals surface area contributed by atoms with E-state index >= 15 is 0 Å². The van der Waals surface area contributed by atoms with Gasteiger partial charge < -0.3 is 10.6 Å². The van der Waals surface area contributed by atoms with Crippen LogP contribution in [0.4, 0.5) is 0 Å². The van der Waals surface area contributed by atoms with Crippen LogP contribution in [0.15, 0.2) is 0 Å². The van der Waals surface area contributed by atoms with Gasteiger partial charge in [0.25, 0.3) is 10.2 Å². The number of carbonyl (C=O) groups is 1. The van der Waals surface area contributed by atoms with Crippen molar-refractivity contribution in [2.75, 3.05) is 33.2 Å². The lowest BCUT2D eigenvalue weighted by atomic mass is 9.96. The van der Waals surface area contributed by atoms with Crippen molar-refractivity contribution in [3.05, 3.63) is 0 Å². The highest BCUT2D eigenvalue weighted by atomic mass is 35.5. The van der Waals surface area contributed by atoms with Crippen LogP contribution in [0.25, 0.3) is 0 Å². The zero-order valence-corrected chi connectivity index (χ0v) is 18.0. The topological polar surface area (TPSA) is 81.8 Å². The summed E-state index contributed by atoms with van der Waals surface area (Å²) in [5.74, 6) is 0.255. The first-order valence-corrected chi connectivity index (χ1v) is 11.6. The summed E-state index contributed by atoms with van der Waals surface area (Å²) in [4.78, 5) is 12.2. The number of nitrogens with zero attached hydrogens (tertiary/aromatic N) is 2. The van der Waals surface area contributed by atoms with Gasteiger partial charge in [-0.15, -0.1) is 12.4 Å². The molecule has 2 heterocycles. The van der Waals surface area contributed by atoms with Crippen molar-refractivity contribution in [3.8, 4) is 0 Å². The molecular formula is C18H35ClN4O3S. The van der Waals surface area contributed by atoms with Crippen LogP contribution in [-0.2, 0) is 15.0 Å². The molecule has 2 unspecified atom stereocenters. The SMILES string of the molecule is CN(C1CCCCC1)S(=O)(=O)N1CCCC(CNC(=O)C2CCCN2)C1.Cl. The van der Waals surface area contributed by atoms with Gasteiger partial charge in [-0.3, -0.25) is 4.79 Å². The Hall–Kier alpha value is -0.410. The monoisotopic (exact) mass is 422 g/mol. The normalized spacial score (nSPS) is 28.1. The Morgan fingerprint density at radius 1 is 1.11 bits per heavy atom. The van der Waals surface area contributed by atoms with Gasteiger partial charge in [-0.2, -0.15) is 17.0 Å². The standard InChI is InChI=1S/C18H34N4O3S.ClH/c1-21(16-8-3-2-4-9-16)26(24,25)22-12-6-7-15(14-22)13-20-18(23)17-10-5-11-19-17;/h15-17,19H,2-14H2,1H3,(H,20,23);1H. The van der Waals surface area contributed by atoms with Crippen LogP contribution in [0, 0.1) is 5.92 Å². The lowest BCUT2D eigenvalue weighted by Crippen LogP contribution is -2.52. The minimum atomic E-state index is -3.41. The predicted octanol–water partition coefficient (Wildman–Crippen LogP) is 1.50. The molecule has 1 amide bonds. The Morgan fingerprint density at radius 3 is 2.52 bits per heavy atom. The molecule has 2 atom stereocenters. The Morgan fingerprint density at radius 2 is 1.85 bits per heavy atom. The Labute approximate surface area is 170 Å². The van der Waals surface area contributed by atoms with Crippen molar-refractivity contribution in [1.29, 1.82) is 0 Å². The van der Waals surface area contributed by atoms with Crippen molar-refractivity contribution in [2.45, 2.75) is 69.9 Å². The molecule has 27 heavy (non-hydrogen) atoms. The average molecular weight is 423 g/mol. The number of hydrogen-bond donors (Lipinski definition) is 2. The molecule has 2 aliphatic heterocycles. The smallest absolute Gasteiger partial charge is 0.281 e. The maximum atomic E-state index is 13.0. The van der Waals surface area contributed by atoms with E-state index in [-0.39, 0.29) is 36.3 Å². The number of rotatable bonds is 6. The highest BCUT2D eigenvalue weighted by molar-refractivity contribution is 7.86. The van der Waals surface area contributed by atoms with Gasteiger partial charge in [0.15, 0.2) is 0 Å². The first-order valence-electron chi connectivity index (χ1n) is 10.2. The second kappa shape index (κ2) is 10.4. The lowest BCUT2D eigenvalue weighted by Gasteiger charge is -2.38. The summed E-state index contributed by atoms with van der Waals surface area (Å²) in [6.45, 7) is 2.57. The van der Waals surface area contributed by atoms with Crippen molar-refractivity contribution in [1.82, 2.24) is 19.2 Å². The van der Waals surface area contributed by atoms with E-state index < -0.39 is 10.2 Å². The summed E-state index contributed by atoms with van der Waals surface area (Å²) in [7, 11) is -1.67. The van der Waals surface area contributed by atoms with Crippen LogP contribution in [-0.4, -0.2) is 68.2 Å². The molecule has 1 aliphatic carbocycles. The zero-order valence-electron chi connectivity index (χ0n) is 16.4. The summed E-state index contributed by atoms with van der Waals surface area (Å²) < 4.78 is 29.3. The van der Waals surface area contributed by atoms with Crippen LogP contribution in [0.3, 0.4) is 0 Å². The van der Waals surface area contributed by atoms with Gasteiger partial charge >= 0.3 is 0 Å². The minimum absolute atomic E-state index is 0. The number of piperidine rings is 1. The molecule has 3 aliphatic rings. The molecule has 0 aromatic carbocycles. The van der Waals surface area contributed by atoms with Crippen molar-refractivity contribution < 1.29 is 13.2 Å². The molecule has 3 rings (SSSR count). The van der Waals surface area contributed by atoms with E-state index in [2.05, 4.69) is 10.6 Å². The van der Waals surface area contributed by atoms with Gasteiger partial charge in [0, 0.05) is 32.7 Å². The molecule has 0 aromatic heterocycles. The van der Waals surface area contributed by atoms with Gasteiger partial charge in [0.1, 0.15) is 0 Å². The molecule has 2 saturated heterocycles. The molecule has 0 bridgehead atoms. The molecule has 0 aromatic rings. The summed E-state index contributed by atoms with van der Waals surface area (Å²) >= 11 is 0. The second-order valence-electron chi connectivity index (χ2n) is 8.08. The fraction of sp³-hybridized carbons (Fsp3) is 0.944. The lowest BCUT2D eigenvalue weighted by molar-refractivity contribution is -0.123. The first kappa shape index (κ1) is 22.9. The Balaban J connectivity index is 0.00000261. The van der Waals surface area contributed by atoms with Crippen LogP contribution < -0.4 is 10.6 Å². The molecule has 3 fully saturated rings. The van der Waals surface area contributed by atoms with E-state index in [9.17, 15) is 13.2 Å². The highest BCUT2D eigenvalue weighted by Gasteiger charge is 2.35. The van der Waals surface area contributed by atoms with Crippen LogP contribution in [0.5, 0.6) is 0 Å². The summed E-state index contributed by atoms with van der Waals surface area (Å²) in [5.41, 5.74) is 0. The molecule has 158 valence electrons. The van der Waals surface area contributed by atoms with Crippen LogP contribution >= 0.6 is 12.4 Å². The van der Waals surface area contributed by atoms with E-state index in [0.29, 0.717) is 19.6 Å². The molecule has 7 nitrogen and oxygen atoms in total. The molecule has 1 saturated carbocycles. The largest absolute Gasteiger partial charge is 0.354 e. The Kier molecular flexibility index (Phi) is 8.80. The van der Waals surface area contributed by atoms with Gasteiger partial charge in [-0.05, 0) is 51.0 Å². The van der Waals surface area contributed by atoms with E-state index in [0.717, 1.165) is 57.9 Å². The van der Waals surface area contributed by atoms with Gasteiger partial charge in [-0.25, -0.2) is 0 Å². The fourth-order valence-electron chi connectivity index (χ4n) is 4.49. The molecular weight excluding hydrogens is 388 g/mol. The van der Waals surface area contributed by atoms with E-state index in [1.54, 1.807) is 15.7 Å². The predicted molar refractivity (Wildman–Crippen MR) is 109 cm³/mol. The minimum Gasteiger partial charge on any atom is -0.354 e. The molecule has 9 heteroatoms. The first-order chi connectivity index (χ1) is 12.5. The zero-order chi connectivity index (χ0) is 18.6. The second-order valence-corrected chi connectivity index (χ2v) is 10.1. The number of hydrogen-bond acceptors (Lipinski definition) is 4. The maximum Gasteiger partial charge on any atom is 0.281 e. The molecule has 2 N–H and O–H groups in total. The van der Waals surface area contributed by atoms with Gasteiger partial charge in [-0.1, -0.05) is 19.3 Å².